The second kappa shape index (κ2) is 8.05. The number of morpholine rings is 1. The SMILES string of the molecule is O=C(NCc1nc(CN2CCOCC2)cs1)Oc1ccccc1. The zero-order valence-electron chi connectivity index (χ0n) is 12.7. The molecule has 1 fully saturated rings. The number of aromatic nitrogens is 1. The van der Waals surface area contributed by atoms with E-state index in [-0.39, 0.29) is 0 Å². The number of nitrogens with zero attached hydrogens (tertiary/aromatic N) is 2. The van der Waals surface area contributed by atoms with Gasteiger partial charge in [-0.1, -0.05) is 18.2 Å². The van der Waals surface area contributed by atoms with Gasteiger partial charge in [0.15, 0.2) is 0 Å². The molecule has 0 saturated carbocycles. The topological polar surface area (TPSA) is 63.7 Å². The van der Waals surface area contributed by atoms with E-state index in [1.54, 1.807) is 23.5 Å². The highest BCUT2D eigenvalue weighted by atomic mass is 32.1. The first-order valence-corrected chi connectivity index (χ1v) is 8.42. The van der Waals surface area contributed by atoms with Crippen molar-refractivity contribution in [2.24, 2.45) is 0 Å². The van der Waals surface area contributed by atoms with Crippen LogP contribution in [0.2, 0.25) is 0 Å². The fourth-order valence-corrected chi connectivity index (χ4v) is 3.00. The van der Waals surface area contributed by atoms with Gasteiger partial charge in [0.05, 0.1) is 25.5 Å². The van der Waals surface area contributed by atoms with E-state index in [1.165, 1.54) is 0 Å². The number of nitrogens with one attached hydrogen (secondary N) is 1. The molecule has 122 valence electrons. The zero-order chi connectivity index (χ0) is 15.9. The van der Waals surface area contributed by atoms with Crippen molar-refractivity contribution in [2.45, 2.75) is 13.1 Å². The second-order valence-corrected chi connectivity index (χ2v) is 6.12. The molecule has 7 heteroatoms. The Labute approximate surface area is 139 Å². The van der Waals surface area contributed by atoms with E-state index >= 15 is 0 Å². The molecule has 0 aliphatic carbocycles. The summed E-state index contributed by atoms with van der Waals surface area (Å²) in [6.45, 7) is 4.64. The van der Waals surface area contributed by atoms with E-state index in [2.05, 4.69) is 15.2 Å². The number of amides is 1. The van der Waals surface area contributed by atoms with Gasteiger partial charge in [0, 0.05) is 25.0 Å². The Morgan fingerprint density at radius 3 is 2.87 bits per heavy atom. The van der Waals surface area contributed by atoms with E-state index < -0.39 is 6.09 Å². The Morgan fingerprint density at radius 2 is 2.09 bits per heavy atom. The lowest BCUT2D eigenvalue weighted by Gasteiger charge is -2.25. The Balaban J connectivity index is 1.44. The van der Waals surface area contributed by atoms with Gasteiger partial charge in [0.2, 0.25) is 0 Å². The summed E-state index contributed by atoms with van der Waals surface area (Å²) < 4.78 is 10.5. The summed E-state index contributed by atoms with van der Waals surface area (Å²) in [4.78, 5) is 18.6. The number of para-hydroxylation sites is 1. The average Bonchev–Trinajstić information content (AvgIpc) is 3.02. The molecule has 1 amide bonds. The first-order chi connectivity index (χ1) is 11.3. The lowest BCUT2D eigenvalue weighted by molar-refractivity contribution is 0.0337. The van der Waals surface area contributed by atoms with E-state index in [0.717, 1.165) is 43.5 Å². The molecule has 0 atom stereocenters. The first-order valence-electron chi connectivity index (χ1n) is 7.54. The maximum atomic E-state index is 11.7. The van der Waals surface area contributed by atoms with Crippen LogP contribution in [0.15, 0.2) is 35.7 Å². The highest BCUT2D eigenvalue weighted by Crippen LogP contribution is 2.13. The zero-order valence-corrected chi connectivity index (χ0v) is 13.6. The molecular formula is C16H19N3O3S. The minimum atomic E-state index is -0.471. The number of benzene rings is 1. The molecule has 1 aliphatic rings. The number of thiazole rings is 1. The Kier molecular flexibility index (Phi) is 5.57. The predicted molar refractivity (Wildman–Crippen MR) is 87.5 cm³/mol. The maximum Gasteiger partial charge on any atom is 0.412 e. The molecule has 2 aromatic rings. The van der Waals surface area contributed by atoms with Crippen LogP contribution in [0.4, 0.5) is 4.79 Å². The third-order valence-corrected chi connectivity index (χ3v) is 4.32. The number of hydrogen-bond acceptors (Lipinski definition) is 6. The Bertz CT molecular complexity index is 627. The molecule has 1 N–H and O–H groups in total. The molecule has 1 aliphatic heterocycles. The normalized spacial score (nSPS) is 15.3. The molecule has 1 aromatic carbocycles. The minimum absolute atomic E-state index is 0.374. The summed E-state index contributed by atoms with van der Waals surface area (Å²) in [5, 5.41) is 5.63. The highest BCUT2D eigenvalue weighted by Gasteiger charge is 2.13. The van der Waals surface area contributed by atoms with Gasteiger partial charge in [-0.15, -0.1) is 11.3 Å². The molecule has 23 heavy (non-hydrogen) atoms. The van der Waals surface area contributed by atoms with Gasteiger partial charge in [-0.3, -0.25) is 4.90 Å². The second-order valence-electron chi connectivity index (χ2n) is 5.18. The van der Waals surface area contributed by atoms with Crippen LogP contribution in [0.5, 0.6) is 5.75 Å². The number of rotatable bonds is 5. The molecule has 6 nitrogen and oxygen atoms in total. The van der Waals surface area contributed by atoms with Crippen LogP contribution in [0.1, 0.15) is 10.7 Å². The summed E-state index contributed by atoms with van der Waals surface area (Å²) in [6, 6.07) is 8.99. The monoisotopic (exact) mass is 333 g/mol. The molecule has 0 radical (unpaired) electrons. The van der Waals surface area contributed by atoms with Gasteiger partial charge in [0.25, 0.3) is 0 Å². The average molecular weight is 333 g/mol. The fourth-order valence-electron chi connectivity index (χ4n) is 2.27. The van der Waals surface area contributed by atoms with Gasteiger partial charge < -0.3 is 14.8 Å². The van der Waals surface area contributed by atoms with E-state index in [9.17, 15) is 4.79 Å². The van der Waals surface area contributed by atoms with Crippen molar-refractivity contribution in [1.29, 1.82) is 0 Å². The summed E-state index contributed by atoms with van der Waals surface area (Å²) >= 11 is 1.55. The van der Waals surface area contributed by atoms with Crippen molar-refractivity contribution >= 4 is 17.4 Å². The van der Waals surface area contributed by atoms with E-state index in [4.69, 9.17) is 9.47 Å². The van der Waals surface area contributed by atoms with Crippen molar-refractivity contribution in [1.82, 2.24) is 15.2 Å². The number of hydrogen-bond donors (Lipinski definition) is 1. The standard InChI is InChI=1S/C16H19N3O3S/c20-16(22-14-4-2-1-3-5-14)17-10-15-18-13(12-23-15)11-19-6-8-21-9-7-19/h1-5,12H,6-11H2,(H,17,20). The molecule has 3 rings (SSSR count). The maximum absolute atomic E-state index is 11.7. The van der Waals surface area contributed by atoms with Gasteiger partial charge in [-0.2, -0.15) is 0 Å². The Morgan fingerprint density at radius 1 is 1.30 bits per heavy atom. The summed E-state index contributed by atoms with van der Waals surface area (Å²) in [5.74, 6) is 0.525. The molecule has 0 bridgehead atoms. The van der Waals surface area contributed by atoms with Crippen molar-refractivity contribution in [2.75, 3.05) is 26.3 Å². The van der Waals surface area contributed by atoms with Crippen LogP contribution in [-0.2, 0) is 17.8 Å². The quantitative estimate of drug-likeness (QED) is 0.909. The van der Waals surface area contributed by atoms with Crippen LogP contribution < -0.4 is 10.1 Å². The molecule has 2 heterocycles. The summed E-state index contributed by atoms with van der Waals surface area (Å²) in [6.07, 6.45) is -0.471. The summed E-state index contributed by atoms with van der Waals surface area (Å²) in [5.41, 5.74) is 1.03. The number of carbonyl (C=O) groups is 1. The van der Waals surface area contributed by atoms with E-state index in [0.29, 0.717) is 12.3 Å². The molecular weight excluding hydrogens is 314 g/mol. The molecule has 1 aromatic heterocycles. The van der Waals surface area contributed by atoms with Crippen molar-refractivity contribution in [3.63, 3.8) is 0 Å². The largest absolute Gasteiger partial charge is 0.412 e. The van der Waals surface area contributed by atoms with Crippen LogP contribution in [0.25, 0.3) is 0 Å². The van der Waals surface area contributed by atoms with Crippen molar-refractivity contribution in [3.8, 4) is 5.75 Å². The molecule has 0 spiro atoms. The predicted octanol–water partition coefficient (Wildman–Crippen LogP) is 2.26. The Hall–Kier alpha value is -1.96. The van der Waals surface area contributed by atoms with Crippen molar-refractivity contribution < 1.29 is 14.3 Å². The lowest BCUT2D eigenvalue weighted by atomic mass is 10.3. The van der Waals surface area contributed by atoms with Crippen molar-refractivity contribution in [3.05, 3.63) is 46.4 Å². The van der Waals surface area contributed by atoms with Gasteiger partial charge in [-0.25, -0.2) is 9.78 Å². The van der Waals surface area contributed by atoms with Crippen LogP contribution in [0, 0.1) is 0 Å². The summed E-state index contributed by atoms with van der Waals surface area (Å²) in [7, 11) is 0. The molecule has 1 saturated heterocycles. The van der Waals surface area contributed by atoms with Gasteiger partial charge in [-0.05, 0) is 12.1 Å². The number of ether oxygens (including phenoxy) is 2. The highest BCUT2D eigenvalue weighted by molar-refractivity contribution is 7.09. The van der Waals surface area contributed by atoms with Gasteiger partial charge >= 0.3 is 6.09 Å². The minimum Gasteiger partial charge on any atom is -0.410 e. The van der Waals surface area contributed by atoms with Crippen LogP contribution >= 0.6 is 11.3 Å². The van der Waals surface area contributed by atoms with Gasteiger partial charge in [0.1, 0.15) is 10.8 Å². The molecule has 0 unspecified atom stereocenters. The van der Waals surface area contributed by atoms with E-state index in [1.807, 2.05) is 23.6 Å². The first kappa shape index (κ1) is 15.9. The smallest absolute Gasteiger partial charge is 0.410 e. The lowest BCUT2D eigenvalue weighted by Crippen LogP contribution is -2.35. The third-order valence-electron chi connectivity index (χ3n) is 3.43. The number of carbonyl (C=O) groups excluding carboxylic acids is 1. The van der Waals surface area contributed by atoms with Crippen LogP contribution in [0.3, 0.4) is 0 Å². The van der Waals surface area contributed by atoms with Crippen LogP contribution in [-0.4, -0.2) is 42.3 Å². The third kappa shape index (κ3) is 5.02. The fraction of sp³-hybridized carbons (Fsp3) is 0.375.